The van der Waals surface area contributed by atoms with E-state index in [9.17, 15) is 0 Å². The molecule has 0 saturated heterocycles. The van der Waals surface area contributed by atoms with Gasteiger partial charge < -0.3 is 5.32 Å². The van der Waals surface area contributed by atoms with E-state index in [4.69, 9.17) is 0 Å². The smallest absolute Gasteiger partial charge is 0.249 e. The summed E-state index contributed by atoms with van der Waals surface area (Å²) >= 11 is 1.57. The molecule has 28 heavy (non-hydrogen) atoms. The molecule has 3 heterocycles. The summed E-state index contributed by atoms with van der Waals surface area (Å²) in [7, 11) is 0. The van der Waals surface area contributed by atoms with Gasteiger partial charge in [-0.3, -0.25) is 0 Å². The number of rotatable bonds is 3. The Morgan fingerprint density at radius 2 is 1.71 bits per heavy atom. The Balaban J connectivity index is 1.55. The molecule has 0 aliphatic heterocycles. The molecule has 7 heteroatoms. The van der Waals surface area contributed by atoms with Gasteiger partial charge in [0, 0.05) is 10.9 Å². The van der Waals surface area contributed by atoms with Gasteiger partial charge in [-0.2, -0.15) is 4.98 Å². The number of anilines is 2. The number of para-hydroxylation sites is 2. The van der Waals surface area contributed by atoms with Crippen LogP contribution < -0.4 is 5.32 Å². The monoisotopic (exact) mass is 386 g/mol. The van der Waals surface area contributed by atoms with Gasteiger partial charge in [0.1, 0.15) is 0 Å². The minimum Gasteiger partial charge on any atom is -0.306 e. The fourth-order valence-corrected chi connectivity index (χ4v) is 4.16. The molecule has 3 aromatic heterocycles. The Kier molecular flexibility index (Phi) is 3.84. The molecule has 0 unspecified atom stereocenters. The van der Waals surface area contributed by atoms with Crippen molar-refractivity contribution >= 4 is 39.1 Å². The quantitative estimate of drug-likeness (QED) is 0.469. The van der Waals surface area contributed by atoms with Gasteiger partial charge in [0.2, 0.25) is 10.9 Å². The zero-order valence-corrected chi connectivity index (χ0v) is 16.6. The summed E-state index contributed by atoms with van der Waals surface area (Å²) in [5.74, 6) is 1.19. The van der Waals surface area contributed by atoms with E-state index in [0.29, 0.717) is 11.8 Å². The molecule has 0 atom stereocenters. The van der Waals surface area contributed by atoms with Crippen LogP contribution >= 0.6 is 11.3 Å². The standard InChI is InChI=1S/C21H18N6S/c1-12-8-9-15(13(2)10-12)18-11-28-21-25-20(26-27(18)21)24-19-14(3)22-16-6-4-5-7-17(16)23-19/h4-11H,1-3H3,(H,23,24,26). The van der Waals surface area contributed by atoms with Crippen molar-refractivity contribution in [3.05, 3.63) is 64.7 Å². The minimum absolute atomic E-state index is 0.519. The fourth-order valence-electron chi connectivity index (χ4n) is 3.33. The third-order valence-corrected chi connectivity index (χ3v) is 5.53. The second kappa shape index (κ2) is 6.38. The van der Waals surface area contributed by atoms with Crippen LogP contribution in [0.4, 0.5) is 11.8 Å². The van der Waals surface area contributed by atoms with Crippen LogP contribution in [0, 0.1) is 20.8 Å². The largest absolute Gasteiger partial charge is 0.306 e. The lowest BCUT2D eigenvalue weighted by Gasteiger charge is -2.06. The molecule has 2 aromatic carbocycles. The molecule has 6 nitrogen and oxygen atoms in total. The summed E-state index contributed by atoms with van der Waals surface area (Å²) in [6.45, 7) is 6.15. The highest BCUT2D eigenvalue weighted by atomic mass is 32.1. The van der Waals surface area contributed by atoms with E-state index in [0.717, 1.165) is 32.9 Å². The molecule has 0 saturated carbocycles. The summed E-state index contributed by atoms with van der Waals surface area (Å²) in [5.41, 5.74) is 7.20. The Labute approximate surface area is 165 Å². The van der Waals surface area contributed by atoms with Crippen LogP contribution in [0.3, 0.4) is 0 Å². The van der Waals surface area contributed by atoms with E-state index in [1.165, 1.54) is 11.1 Å². The molecule has 0 amide bonds. The van der Waals surface area contributed by atoms with E-state index < -0.39 is 0 Å². The Morgan fingerprint density at radius 1 is 0.929 bits per heavy atom. The maximum Gasteiger partial charge on any atom is 0.249 e. The van der Waals surface area contributed by atoms with Gasteiger partial charge in [-0.15, -0.1) is 16.4 Å². The number of nitrogens with zero attached hydrogens (tertiary/aromatic N) is 5. The lowest BCUT2D eigenvalue weighted by atomic mass is 10.0. The van der Waals surface area contributed by atoms with Crippen molar-refractivity contribution in [1.29, 1.82) is 0 Å². The van der Waals surface area contributed by atoms with Gasteiger partial charge in [-0.05, 0) is 38.5 Å². The normalized spacial score (nSPS) is 11.4. The van der Waals surface area contributed by atoms with Crippen LogP contribution in [-0.2, 0) is 0 Å². The van der Waals surface area contributed by atoms with Crippen molar-refractivity contribution in [3.63, 3.8) is 0 Å². The van der Waals surface area contributed by atoms with Gasteiger partial charge in [0.05, 0.1) is 22.4 Å². The highest BCUT2D eigenvalue weighted by Gasteiger charge is 2.14. The van der Waals surface area contributed by atoms with E-state index in [-0.39, 0.29) is 0 Å². The van der Waals surface area contributed by atoms with Crippen molar-refractivity contribution in [3.8, 4) is 11.3 Å². The molecular formula is C21H18N6S. The van der Waals surface area contributed by atoms with Crippen LogP contribution in [0.25, 0.3) is 27.3 Å². The maximum absolute atomic E-state index is 4.67. The Morgan fingerprint density at radius 3 is 2.50 bits per heavy atom. The number of hydrogen-bond donors (Lipinski definition) is 1. The summed E-state index contributed by atoms with van der Waals surface area (Å²) in [5, 5.41) is 9.99. The minimum atomic E-state index is 0.519. The number of aromatic nitrogens is 5. The van der Waals surface area contributed by atoms with E-state index in [2.05, 4.69) is 62.8 Å². The van der Waals surface area contributed by atoms with E-state index in [1.54, 1.807) is 11.3 Å². The van der Waals surface area contributed by atoms with Crippen molar-refractivity contribution in [2.45, 2.75) is 20.8 Å². The van der Waals surface area contributed by atoms with Gasteiger partial charge in [-0.25, -0.2) is 14.5 Å². The van der Waals surface area contributed by atoms with Crippen LogP contribution in [0.15, 0.2) is 47.8 Å². The zero-order valence-electron chi connectivity index (χ0n) is 15.8. The number of aryl methyl sites for hydroxylation is 3. The van der Waals surface area contributed by atoms with Crippen molar-refractivity contribution in [2.75, 3.05) is 5.32 Å². The van der Waals surface area contributed by atoms with Crippen LogP contribution in [0.1, 0.15) is 16.8 Å². The maximum atomic E-state index is 4.67. The van der Waals surface area contributed by atoms with Gasteiger partial charge >= 0.3 is 0 Å². The van der Waals surface area contributed by atoms with E-state index >= 15 is 0 Å². The molecule has 0 aliphatic rings. The third-order valence-electron chi connectivity index (χ3n) is 4.71. The predicted octanol–water partition coefficient (Wildman–Crippen LogP) is 5.07. The molecule has 0 radical (unpaired) electrons. The first-order valence-electron chi connectivity index (χ1n) is 9.01. The van der Waals surface area contributed by atoms with E-state index in [1.807, 2.05) is 35.7 Å². The Hall–Kier alpha value is -3.32. The first-order valence-corrected chi connectivity index (χ1v) is 9.89. The first-order chi connectivity index (χ1) is 13.6. The first kappa shape index (κ1) is 16.8. The molecule has 138 valence electrons. The molecule has 5 rings (SSSR count). The van der Waals surface area contributed by atoms with Crippen molar-refractivity contribution in [2.24, 2.45) is 0 Å². The highest BCUT2D eigenvalue weighted by Crippen LogP contribution is 2.29. The average Bonchev–Trinajstić information content (AvgIpc) is 3.23. The molecular weight excluding hydrogens is 368 g/mol. The summed E-state index contributed by atoms with van der Waals surface area (Å²) in [6, 6.07) is 14.3. The van der Waals surface area contributed by atoms with Crippen molar-refractivity contribution in [1.82, 2.24) is 24.6 Å². The second-order valence-electron chi connectivity index (χ2n) is 6.84. The molecule has 1 N–H and O–H groups in total. The molecule has 0 fully saturated rings. The third kappa shape index (κ3) is 2.80. The van der Waals surface area contributed by atoms with Gasteiger partial charge in [0.15, 0.2) is 5.82 Å². The topological polar surface area (TPSA) is 68.0 Å². The second-order valence-corrected chi connectivity index (χ2v) is 7.68. The zero-order chi connectivity index (χ0) is 19.3. The fraction of sp³-hybridized carbons (Fsp3) is 0.143. The van der Waals surface area contributed by atoms with Crippen LogP contribution in [0.2, 0.25) is 0 Å². The van der Waals surface area contributed by atoms with Gasteiger partial charge in [0.25, 0.3) is 0 Å². The van der Waals surface area contributed by atoms with Crippen LogP contribution in [0.5, 0.6) is 0 Å². The molecule has 0 bridgehead atoms. The number of fused-ring (bicyclic) bond motifs is 2. The lowest BCUT2D eigenvalue weighted by molar-refractivity contribution is 0.984. The summed E-state index contributed by atoms with van der Waals surface area (Å²) in [4.78, 5) is 14.7. The average molecular weight is 386 g/mol. The predicted molar refractivity (Wildman–Crippen MR) is 113 cm³/mol. The summed E-state index contributed by atoms with van der Waals surface area (Å²) < 4.78 is 1.88. The lowest BCUT2D eigenvalue weighted by Crippen LogP contribution is -2.01. The van der Waals surface area contributed by atoms with Gasteiger partial charge in [-0.1, -0.05) is 35.9 Å². The highest BCUT2D eigenvalue weighted by molar-refractivity contribution is 7.15. The number of benzene rings is 2. The summed E-state index contributed by atoms with van der Waals surface area (Å²) in [6.07, 6.45) is 0. The van der Waals surface area contributed by atoms with Crippen molar-refractivity contribution < 1.29 is 0 Å². The number of nitrogens with one attached hydrogen (secondary N) is 1. The van der Waals surface area contributed by atoms with Crippen LogP contribution in [-0.4, -0.2) is 24.6 Å². The number of thiazole rings is 1. The molecule has 5 aromatic rings. The molecule has 0 aliphatic carbocycles. The molecule has 0 spiro atoms. The number of hydrogen-bond acceptors (Lipinski definition) is 6. The Bertz CT molecular complexity index is 1330. The SMILES string of the molecule is Cc1ccc(-c2csc3nc(Nc4nc5ccccc5nc4C)nn23)c(C)c1.